The molecular formula is C18H15ClF3NO2. The number of aliphatic hydroxyl groups is 1. The maximum atomic E-state index is 15.4. The van der Waals surface area contributed by atoms with Crippen molar-refractivity contribution in [2.24, 2.45) is 0 Å². The molecule has 0 saturated carbocycles. The van der Waals surface area contributed by atoms with Crippen molar-refractivity contribution in [3.8, 4) is 0 Å². The van der Waals surface area contributed by atoms with Crippen LogP contribution < -0.4 is 0 Å². The van der Waals surface area contributed by atoms with Gasteiger partial charge in [0.15, 0.2) is 23.1 Å². The van der Waals surface area contributed by atoms with Crippen molar-refractivity contribution >= 4 is 17.4 Å². The lowest BCUT2D eigenvalue weighted by molar-refractivity contribution is -0.133. The molecule has 0 bridgehead atoms. The topological polar surface area (TPSA) is 50.2 Å². The molecule has 2 aromatic rings. The van der Waals surface area contributed by atoms with Gasteiger partial charge in [-0.2, -0.15) is 0 Å². The van der Waals surface area contributed by atoms with E-state index in [0.717, 1.165) is 12.1 Å². The highest BCUT2D eigenvalue weighted by molar-refractivity contribution is 6.31. The molecule has 0 saturated heterocycles. The Balaban J connectivity index is 1.82. The van der Waals surface area contributed by atoms with Gasteiger partial charge >= 0.3 is 0 Å². The molecule has 1 heterocycles. The summed E-state index contributed by atoms with van der Waals surface area (Å²) in [7, 11) is 0. The van der Waals surface area contributed by atoms with E-state index in [9.17, 15) is 18.7 Å². The van der Waals surface area contributed by atoms with E-state index in [1.165, 1.54) is 18.3 Å². The number of halogens is 4. The van der Waals surface area contributed by atoms with Gasteiger partial charge in [0.1, 0.15) is 0 Å². The van der Waals surface area contributed by atoms with Gasteiger partial charge in [-0.3, -0.25) is 9.78 Å². The van der Waals surface area contributed by atoms with Crippen molar-refractivity contribution in [2.75, 3.05) is 0 Å². The van der Waals surface area contributed by atoms with E-state index in [2.05, 4.69) is 4.98 Å². The maximum Gasteiger partial charge on any atom is 0.195 e. The summed E-state index contributed by atoms with van der Waals surface area (Å²) in [6.07, 6.45) is 0.201. The van der Waals surface area contributed by atoms with Gasteiger partial charge in [0.25, 0.3) is 0 Å². The van der Waals surface area contributed by atoms with Crippen LogP contribution in [0, 0.1) is 11.6 Å². The monoisotopic (exact) mass is 369 g/mol. The Labute approximate surface area is 147 Å². The number of alkyl halides is 1. The molecule has 1 aromatic carbocycles. The summed E-state index contributed by atoms with van der Waals surface area (Å²) in [6, 6.07) is 4.69. The number of aromatic nitrogens is 1. The Hall–Kier alpha value is -1.92. The first-order chi connectivity index (χ1) is 11.8. The average molecular weight is 370 g/mol. The molecule has 0 spiro atoms. The highest BCUT2D eigenvalue weighted by atomic mass is 35.5. The molecule has 0 fully saturated rings. The van der Waals surface area contributed by atoms with Crippen LogP contribution in [-0.4, -0.2) is 15.9 Å². The summed E-state index contributed by atoms with van der Waals surface area (Å²) in [5.74, 6) is -2.85. The van der Waals surface area contributed by atoms with Gasteiger partial charge in [0.05, 0.1) is 11.8 Å². The normalized spacial score (nSPS) is 22.5. The zero-order chi connectivity index (χ0) is 18.2. The van der Waals surface area contributed by atoms with Gasteiger partial charge in [-0.15, -0.1) is 0 Å². The number of hydrogen-bond donors (Lipinski definition) is 1. The molecular weight excluding hydrogens is 355 g/mol. The van der Waals surface area contributed by atoms with Crippen LogP contribution in [0.5, 0.6) is 0 Å². The van der Waals surface area contributed by atoms with Crippen LogP contribution >= 0.6 is 11.6 Å². The molecule has 3 nitrogen and oxygen atoms in total. The minimum absolute atomic E-state index is 0.0132. The maximum absolute atomic E-state index is 15.4. The minimum Gasteiger partial charge on any atom is -0.387 e. The lowest BCUT2D eigenvalue weighted by atomic mass is 9.77. The van der Waals surface area contributed by atoms with Crippen LogP contribution in [-0.2, 0) is 16.9 Å². The Bertz CT molecular complexity index is 830. The summed E-state index contributed by atoms with van der Waals surface area (Å²) >= 11 is 5.85. The van der Waals surface area contributed by atoms with Crippen molar-refractivity contribution in [3.05, 3.63) is 63.9 Å². The fourth-order valence-corrected chi connectivity index (χ4v) is 3.36. The fraction of sp³-hybridized carbons (Fsp3) is 0.333. The molecule has 25 heavy (non-hydrogen) atoms. The zero-order valence-corrected chi connectivity index (χ0v) is 13.9. The van der Waals surface area contributed by atoms with Gasteiger partial charge < -0.3 is 5.11 Å². The Morgan fingerprint density at radius 2 is 2.08 bits per heavy atom. The van der Waals surface area contributed by atoms with Crippen LogP contribution in [0.2, 0.25) is 5.02 Å². The number of aliphatic hydroxyl groups excluding tert-OH is 1. The van der Waals surface area contributed by atoms with Crippen molar-refractivity contribution in [2.45, 2.75) is 37.5 Å². The predicted molar refractivity (Wildman–Crippen MR) is 85.9 cm³/mol. The number of carbonyl (C=O) groups is 1. The van der Waals surface area contributed by atoms with Crippen molar-refractivity contribution in [3.63, 3.8) is 0 Å². The van der Waals surface area contributed by atoms with Crippen molar-refractivity contribution in [1.29, 1.82) is 0 Å². The van der Waals surface area contributed by atoms with Crippen molar-refractivity contribution in [1.82, 2.24) is 4.98 Å². The van der Waals surface area contributed by atoms with Gasteiger partial charge in [0.2, 0.25) is 0 Å². The number of carbonyl (C=O) groups excluding carboxylic acids is 1. The number of ketones is 1. The molecule has 0 aliphatic heterocycles. The number of aryl methyl sites for hydroxylation is 1. The number of rotatable bonds is 4. The Kier molecular flexibility index (Phi) is 4.84. The van der Waals surface area contributed by atoms with E-state index < -0.39 is 29.2 Å². The van der Waals surface area contributed by atoms with Gasteiger partial charge in [-0.25, -0.2) is 13.2 Å². The van der Waals surface area contributed by atoms with Gasteiger partial charge in [-0.05, 0) is 43.0 Å². The largest absolute Gasteiger partial charge is 0.387 e. The first-order valence-electron chi connectivity index (χ1n) is 7.82. The lowest BCUT2D eigenvalue weighted by Gasteiger charge is -2.32. The highest BCUT2D eigenvalue weighted by Crippen LogP contribution is 2.43. The number of benzene rings is 1. The Morgan fingerprint density at radius 3 is 2.84 bits per heavy atom. The average Bonchev–Trinajstić information content (AvgIpc) is 2.60. The van der Waals surface area contributed by atoms with Crippen LogP contribution in [0.3, 0.4) is 0 Å². The van der Waals surface area contributed by atoms with E-state index >= 15 is 4.39 Å². The second-order valence-electron chi connectivity index (χ2n) is 6.07. The molecule has 132 valence electrons. The number of nitrogens with zero attached hydrogens (tertiary/aromatic N) is 1. The smallest absolute Gasteiger partial charge is 0.195 e. The van der Waals surface area contributed by atoms with Gasteiger partial charge in [-0.1, -0.05) is 17.7 Å². The molecule has 0 unspecified atom stereocenters. The second-order valence-corrected chi connectivity index (χ2v) is 6.48. The number of fused-ring (bicyclic) bond motifs is 1. The molecule has 1 N–H and O–H groups in total. The minimum atomic E-state index is -2.26. The lowest BCUT2D eigenvalue weighted by Crippen LogP contribution is -2.36. The van der Waals surface area contributed by atoms with Gasteiger partial charge in [0, 0.05) is 23.2 Å². The third-order valence-electron chi connectivity index (χ3n) is 4.50. The summed E-state index contributed by atoms with van der Waals surface area (Å²) < 4.78 is 41.8. The molecule has 1 aliphatic carbocycles. The molecule has 0 amide bonds. The molecule has 1 aliphatic rings. The van der Waals surface area contributed by atoms with E-state index in [1.54, 1.807) is 0 Å². The van der Waals surface area contributed by atoms with Crippen LogP contribution in [0.15, 0.2) is 30.5 Å². The summed E-state index contributed by atoms with van der Waals surface area (Å²) in [5, 5.41) is 9.93. The quantitative estimate of drug-likeness (QED) is 0.821. The Morgan fingerprint density at radius 1 is 1.36 bits per heavy atom. The zero-order valence-electron chi connectivity index (χ0n) is 13.1. The summed E-state index contributed by atoms with van der Waals surface area (Å²) in [5.41, 5.74) is -1.79. The van der Waals surface area contributed by atoms with E-state index in [-0.39, 0.29) is 47.5 Å². The predicted octanol–water partition coefficient (Wildman–Crippen LogP) is 4.21. The molecule has 7 heteroatoms. The molecule has 3 rings (SSSR count). The summed E-state index contributed by atoms with van der Waals surface area (Å²) in [4.78, 5) is 16.5. The van der Waals surface area contributed by atoms with Crippen LogP contribution in [0.4, 0.5) is 13.2 Å². The molecule has 0 radical (unpaired) electrons. The van der Waals surface area contributed by atoms with Crippen LogP contribution in [0.25, 0.3) is 0 Å². The third kappa shape index (κ3) is 3.28. The second kappa shape index (κ2) is 6.77. The highest BCUT2D eigenvalue weighted by Gasteiger charge is 2.45. The molecule has 1 aromatic heterocycles. The van der Waals surface area contributed by atoms with Crippen molar-refractivity contribution < 1.29 is 23.1 Å². The van der Waals surface area contributed by atoms with E-state index in [1.807, 2.05) is 0 Å². The van der Waals surface area contributed by atoms with E-state index in [0.29, 0.717) is 0 Å². The number of hydrogen-bond acceptors (Lipinski definition) is 3. The number of pyridine rings is 1. The number of Topliss-reactive ketones (excluding diaryl/α,β-unsaturated/α-hetero) is 1. The SMILES string of the molecule is O=C(CCc1cc(F)c(F)cc1Cl)[C@@]1(F)CC[C@@H](O)c2ncccc21. The standard InChI is InChI=1S/C18H15ClF3NO2/c19-12-9-14(21)13(20)8-10(12)3-4-16(25)18(22)6-5-15(24)17-11(18)2-1-7-23-17/h1-2,7-9,15,24H,3-6H2/t15-,18-/m1/s1. The van der Waals surface area contributed by atoms with Crippen LogP contribution in [0.1, 0.15) is 42.2 Å². The first kappa shape index (κ1) is 17.9. The molecule has 2 atom stereocenters. The summed E-state index contributed by atoms with van der Waals surface area (Å²) in [6.45, 7) is 0. The first-order valence-corrected chi connectivity index (χ1v) is 8.20. The van der Waals surface area contributed by atoms with E-state index in [4.69, 9.17) is 11.6 Å². The third-order valence-corrected chi connectivity index (χ3v) is 4.85. The fourth-order valence-electron chi connectivity index (χ4n) is 3.12.